The Bertz CT molecular complexity index is 322. The molecule has 0 atom stereocenters. The molecule has 0 bridgehead atoms. The van der Waals surface area contributed by atoms with E-state index in [2.05, 4.69) is 14.9 Å². The molecule has 100 valence electrons. The minimum atomic E-state index is -3.06. The third-order valence-electron chi connectivity index (χ3n) is 3.70. The summed E-state index contributed by atoms with van der Waals surface area (Å²) in [4.78, 5) is 2.21. The van der Waals surface area contributed by atoms with E-state index >= 15 is 0 Å². The second-order valence-corrected chi connectivity index (χ2v) is 6.98. The van der Waals surface area contributed by atoms with Crippen molar-refractivity contribution in [3.8, 4) is 0 Å². The highest BCUT2D eigenvalue weighted by Gasteiger charge is 2.20. The summed E-state index contributed by atoms with van der Waals surface area (Å²) in [7, 11) is -3.06. The topological polar surface area (TPSA) is 61.4 Å². The summed E-state index contributed by atoms with van der Waals surface area (Å²) < 4.78 is 26.3. The van der Waals surface area contributed by atoms with E-state index < -0.39 is 10.0 Å². The lowest BCUT2D eigenvalue weighted by Gasteiger charge is -2.28. The molecule has 0 radical (unpaired) electrons. The Morgan fingerprint density at radius 1 is 1.24 bits per heavy atom. The minimum Gasteiger partial charge on any atom is -0.314 e. The quantitative estimate of drug-likeness (QED) is 0.684. The summed E-state index contributed by atoms with van der Waals surface area (Å²) in [6.45, 7) is 5.15. The highest BCUT2D eigenvalue weighted by molar-refractivity contribution is 7.89. The minimum absolute atomic E-state index is 0.236. The Morgan fingerprint density at radius 2 is 1.94 bits per heavy atom. The largest absolute Gasteiger partial charge is 0.314 e. The van der Waals surface area contributed by atoms with Crippen molar-refractivity contribution in [2.75, 3.05) is 45.0 Å². The van der Waals surface area contributed by atoms with E-state index in [-0.39, 0.29) is 5.75 Å². The molecule has 0 amide bonds. The van der Waals surface area contributed by atoms with Gasteiger partial charge in [0.25, 0.3) is 0 Å². The number of hydrogen-bond acceptors (Lipinski definition) is 4. The number of nitrogens with one attached hydrogen (secondary N) is 2. The fraction of sp³-hybridized carbons (Fsp3) is 1.00. The summed E-state index contributed by atoms with van der Waals surface area (Å²) >= 11 is 0. The van der Waals surface area contributed by atoms with E-state index in [1.54, 1.807) is 0 Å². The molecule has 5 nitrogen and oxygen atoms in total. The van der Waals surface area contributed by atoms with Gasteiger partial charge < -0.3 is 5.32 Å². The highest BCUT2D eigenvalue weighted by Crippen LogP contribution is 2.25. The molecular weight excluding hydrogens is 238 g/mol. The van der Waals surface area contributed by atoms with E-state index in [9.17, 15) is 8.42 Å². The summed E-state index contributed by atoms with van der Waals surface area (Å²) in [5, 5.41) is 3.26. The van der Waals surface area contributed by atoms with Gasteiger partial charge in [0.2, 0.25) is 10.0 Å². The molecule has 0 aromatic carbocycles. The maximum absolute atomic E-state index is 11.8. The fourth-order valence-corrected chi connectivity index (χ4v) is 3.33. The van der Waals surface area contributed by atoms with E-state index in [4.69, 9.17) is 0 Å². The molecule has 2 rings (SSSR count). The van der Waals surface area contributed by atoms with Crippen LogP contribution in [0.2, 0.25) is 0 Å². The zero-order chi connectivity index (χ0) is 12.1. The second kappa shape index (κ2) is 6.13. The van der Waals surface area contributed by atoms with E-state index in [1.165, 1.54) is 19.3 Å². The van der Waals surface area contributed by atoms with Crippen molar-refractivity contribution in [2.24, 2.45) is 5.92 Å². The van der Waals surface area contributed by atoms with Crippen LogP contribution in [0.4, 0.5) is 0 Å². The van der Waals surface area contributed by atoms with Crippen molar-refractivity contribution in [2.45, 2.75) is 19.3 Å². The monoisotopic (exact) mass is 261 g/mol. The normalized spacial score (nSPS) is 23.5. The van der Waals surface area contributed by atoms with Gasteiger partial charge in [0, 0.05) is 39.3 Å². The van der Waals surface area contributed by atoms with Gasteiger partial charge >= 0.3 is 0 Å². The van der Waals surface area contributed by atoms with Gasteiger partial charge in [0.15, 0.2) is 0 Å². The molecule has 0 aromatic rings. The molecular formula is C11H23N3O2S. The van der Waals surface area contributed by atoms with Crippen LogP contribution in [0.15, 0.2) is 0 Å². The molecule has 1 saturated heterocycles. The Balaban J connectivity index is 1.64. The van der Waals surface area contributed by atoms with Crippen LogP contribution in [-0.2, 0) is 10.0 Å². The van der Waals surface area contributed by atoms with Crippen LogP contribution in [0.3, 0.4) is 0 Å². The molecule has 2 fully saturated rings. The Hall–Kier alpha value is -0.170. The highest BCUT2D eigenvalue weighted by atomic mass is 32.2. The van der Waals surface area contributed by atoms with Crippen LogP contribution in [0.5, 0.6) is 0 Å². The maximum Gasteiger partial charge on any atom is 0.212 e. The Morgan fingerprint density at radius 3 is 2.53 bits per heavy atom. The maximum atomic E-state index is 11.8. The molecule has 1 heterocycles. The zero-order valence-electron chi connectivity index (χ0n) is 10.3. The molecule has 6 heteroatoms. The third-order valence-corrected chi connectivity index (χ3v) is 5.03. The van der Waals surface area contributed by atoms with Gasteiger partial charge in [0.1, 0.15) is 0 Å². The van der Waals surface area contributed by atoms with E-state index in [1.807, 2.05) is 0 Å². The van der Waals surface area contributed by atoms with Crippen LogP contribution in [-0.4, -0.2) is 58.3 Å². The molecule has 2 aliphatic rings. The summed E-state index contributed by atoms with van der Waals surface area (Å²) in [5.41, 5.74) is 0. The summed E-state index contributed by atoms with van der Waals surface area (Å²) in [6, 6.07) is 0. The van der Waals surface area contributed by atoms with Crippen molar-refractivity contribution in [1.82, 2.24) is 14.9 Å². The van der Waals surface area contributed by atoms with Crippen molar-refractivity contribution in [3.63, 3.8) is 0 Å². The van der Waals surface area contributed by atoms with Crippen LogP contribution < -0.4 is 10.0 Å². The lowest BCUT2D eigenvalue weighted by Crippen LogP contribution is -2.46. The SMILES string of the molecule is O=S(=O)(CCN1CCNCC1)NCC1CCC1. The van der Waals surface area contributed by atoms with Crippen LogP contribution >= 0.6 is 0 Å². The van der Waals surface area contributed by atoms with Gasteiger partial charge in [-0.2, -0.15) is 0 Å². The molecule has 17 heavy (non-hydrogen) atoms. The van der Waals surface area contributed by atoms with Crippen molar-refractivity contribution < 1.29 is 8.42 Å². The van der Waals surface area contributed by atoms with Crippen LogP contribution in [0.1, 0.15) is 19.3 Å². The number of rotatable bonds is 6. The van der Waals surface area contributed by atoms with E-state index in [0.29, 0.717) is 19.0 Å². The second-order valence-electron chi connectivity index (χ2n) is 5.06. The first-order valence-electron chi connectivity index (χ1n) is 6.56. The average Bonchev–Trinajstić information content (AvgIpc) is 2.26. The zero-order valence-corrected chi connectivity index (χ0v) is 11.1. The smallest absolute Gasteiger partial charge is 0.212 e. The van der Waals surface area contributed by atoms with Gasteiger partial charge in [-0.15, -0.1) is 0 Å². The van der Waals surface area contributed by atoms with E-state index in [0.717, 1.165) is 26.2 Å². The van der Waals surface area contributed by atoms with Gasteiger partial charge in [-0.1, -0.05) is 6.42 Å². The average molecular weight is 261 g/mol. The number of nitrogens with zero attached hydrogens (tertiary/aromatic N) is 1. The lowest BCUT2D eigenvalue weighted by atomic mass is 9.86. The predicted octanol–water partition coefficient (Wildman–Crippen LogP) is -0.389. The van der Waals surface area contributed by atoms with Crippen molar-refractivity contribution in [1.29, 1.82) is 0 Å². The van der Waals surface area contributed by atoms with Crippen LogP contribution in [0, 0.1) is 5.92 Å². The molecule has 0 spiro atoms. The molecule has 1 aliphatic carbocycles. The summed E-state index contributed by atoms with van der Waals surface area (Å²) in [6.07, 6.45) is 3.62. The molecule has 2 N–H and O–H groups in total. The Kier molecular flexibility index (Phi) is 4.78. The predicted molar refractivity (Wildman–Crippen MR) is 68.4 cm³/mol. The number of sulfonamides is 1. The summed E-state index contributed by atoms with van der Waals surface area (Å²) in [5.74, 6) is 0.823. The number of hydrogen-bond donors (Lipinski definition) is 2. The first-order chi connectivity index (χ1) is 8.16. The van der Waals surface area contributed by atoms with Gasteiger partial charge in [-0.25, -0.2) is 13.1 Å². The van der Waals surface area contributed by atoms with Crippen molar-refractivity contribution in [3.05, 3.63) is 0 Å². The molecule has 0 aromatic heterocycles. The number of piperazine rings is 1. The standard InChI is InChI=1S/C11H23N3O2S/c15-17(16,13-10-11-2-1-3-11)9-8-14-6-4-12-5-7-14/h11-13H,1-10H2. The Labute approximate surface area is 104 Å². The fourth-order valence-electron chi connectivity index (χ4n) is 2.20. The van der Waals surface area contributed by atoms with Crippen molar-refractivity contribution >= 4 is 10.0 Å². The van der Waals surface area contributed by atoms with Crippen LogP contribution in [0.25, 0.3) is 0 Å². The van der Waals surface area contributed by atoms with Gasteiger partial charge in [-0.3, -0.25) is 4.90 Å². The van der Waals surface area contributed by atoms with Gasteiger partial charge in [-0.05, 0) is 18.8 Å². The van der Waals surface area contributed by atoms with Gasteiger partial charge in [0.05, 0.1) is 5.75 Å². The molecule has 1 aliphatic heterocycles. The molecule has 0 unspecified atom stereocenters. The third kappa shape index (κ3) is 4.54. The first-order valence-corrected chi connectivity index (χ1v) is 8.21. The lowest BCUT2D eigenvalue weighted by molar-refractivity contribution is 0.253. The first kappa shape index (κ1) is 13.3. The molecule has 1 saturated carbocycles.